The molecule has 0 spiro atoms. The van der Waals surface area contributed by atoms with E-state index in [-0.39, 0.29) is 36.3 Å². The average molecular weight is 432 g/mol. The highest BCUT2D eigenvalue weighted by atomic mass is 127. The van der Waals surface area contributed by atoms with Crippen molar-refractivity contribution in [3.63, 3.8) is 0 Å². The van der Waals surface area contributed by atoms with Crippen molar-refractivity contribution in [3.05, 3.63) is 0 Å². The van der Waals surface area contributed by atoms with Crippen LogP contribution in [0.1, 0.15) is 39.5 Å². The van der Waals surface area contributed by atoms with Gasteiger partial charge in [-0.25, -0.2) is 13.1 Å². The molecule has 4 N–H and O–H groups in total. The SMILES string of the molecule is CC(C)CCN=C(N)NCCS(=O)(=O)NCC1CCC1.I. The van der Waals surface area contributed by atoms with Crippen molar-refractivity contribution >= 4 is 40.0 Å². The van der Waals surface area contributed by atoms with Crippen LogP contribution >= 0.6 is 24.0 Å². The molecule has 1 rings (SSSR count). The molecule has 0 atom stereocenters. The van der Waals surface area contributed by atoms with Crippen molar-refractivity contribution in [1.82, 2.24) is 10.0 Å². The molecule has 0 bridgehead atoms. The molecular formula is C13H29IN4O2S. The lowest BCUT2D eigenvalue weighted by Gasteiger charge is -2.25. The first-order chi connectivity index (χ1) is 9.39. The van der Waals surface area contributed by atoms with Crippen molar-refractivity contribution in [1.29, 1.82) is 0 Å². The summed E-state index contributed by atoms with van der Waals surface area (Å²) in [6.45, 7) is 5.78. The summed E-state index contributed by atoms with van der Waals surface area (Å²) >= 11 is 0. The smallest absolute Gasteiger partial charge is 0.213 e. The van der Waals surface area contributed by atoms with Crippen LogP contribution in [0.15, 0.2) is 4.99 Å². The highest BCUT2D eigenvalue weighted by molar-refractivity contribution is 14.0. The Bertz CT molecular complexity index is 408. The second-order valence-electron chi connectivity index (χ2n) is 5.84. The van der Waals surface area contributed by atoms with Crippen LogP contribution in [0.5, 0.6) is 0 Å². The van der Waals surface area contributed by atoms with Crippen LogP contribution in [0.25, 0.3) is 0 Å². The molecule has 0 aromatic rings. The summed E-state index contributed by atoms with van der Waals surface area (Å²) < 4.78 is 26.1. The van der Waals surface area contributed by atoms with E-state index in [9.17, 15) is 8.42 Å². The van der Waals surface area contributed by atoms with Crippen molar-refractivity contribution < 1.29 is 8.42 Å². The maximum Gasteiger partial charge on any atom is 0.213 e. The van der Waals surface area contributed by atoms with Gasteiger partial charge in [0, 0.05) is 19.6 Å². The van der Waals surface area contributed by atoms with Crippen molar-refractivity contribution in [3.8, 4) is 0 Å². The van der Waals surface area contributed by atoms with E-state index in [4.69, 9.17) is 5.73 Å². The third-order valence-electron chi connectivity index (χ3n) is 3.48. The van der Waals surface area contributed by atoms with Gasteiger partial charge in [-0.15, -0.1) is 24.0 Å². The molecule has 0 amide bonds. The molecule has 6 nitrogen and oxygen atoms in total. The molecule has 0 aromatic carbocycles. The first-order valence-electron chi connectivity index (χ1n) is 7.40. The highest BCUT2D eigenvalue weighted by Gasteiger charge is 2.19. The van der Waals surface area contributed by atoms with E-state index < -0.39 is 10.0 Å². The van der Waals surface area contributed by atoms with Crippen LogP contribution in [-0.2, 0) is 10.0 Å². The number of rotatable bonds is 9. The normalized spacial score (nSPS) is 16.4. The summed E-state index contributed by atoms with van der Waals surface area (Å²) in [5.41, 5.74) is 5.67. The Hall–Kier alpha value is -0.0900. The maximum absolute atomic E-state index is 11.7. The zero-order valence-electron chi connectivity index (χ0n) is 13.0. The van der Waals surface area contributed by atoms with Gasteiger partial charge in [0.05, 0.1) is 5.75 Å². The van der Waals surface area contributed by atoms with Crippen LogP contribution in [0.4, 0.5) is 0 Å². The summed E-state index contributed by atoms with van der Waals surface area (Å²) in [4.78, 5) is 4.15. The van der Waals surface area contributed by atoms with E-state index in [0.717, 1.165) is 19.3 Å². The summed E-state index contributed by atoms with van der Waals surface area (Å²) in [5.74, 6) is 1.46. The van der Waals surface area contributed by atoms with Crippen LogP contribution in [0, 0.1) is 11.8 Å². The molecule has 1 aliphatic rings. The Morgan fingerprint density at radius 3 is 2.57 bits per heavy atom. The van der Waals surface area contributed by atoms with E-state index >= 15 is 0 Å². The molecule has 0 heterocycles. The van der Waals surface area contributed by atoms with E-state index in [1.54, 1.807) is 0 Å². The van der Waals surface area contributed by atoms with Gasteiger partial charge >= 0.3 is 0 Å². The van der Waals surface area contributed by atoms with Gasteiger partial charge in [-0.2, -0.15) is 0 Å². The van der Waals surface area contributed by atoms with Crippen molar-refractivity contribution in [2.75, 3.05) is 25.4 Å². The number of sulfonamides is 1. The molecule has 8 heteroatoms. The standard InChI is InChI=1S/C13H28N4O2S.HI/c1-11(2)6-7-15-13(14)16-8-9-20(18,19)17-10-12-4-3-5-12;/h11-12,17H,3-10H2,1-2H3,(H3,14,15,16);1H. The fourth-order valence-corrected chi connectivity index (χ4v) is 2.83. The second-order valence-corrected chi connectivity index (χ2v) is 7.77. The fraction of sp³-hybridized carbons (Fsp3) is 0.923. The summed E-state index contributed by atoms with van der Waals surface area (Å²) in [6.07, 6.45) is 4.47. The van der Waals surface area contributed by atoms with Gasteiger partial charge in [0.2, 0.25) is 10.0 Å². The van der Waals surface area contributed by atoms with Gasteiger partial charge < -0.3 is 11.1 Å². The van der Waals surface area contributed by atoms with Gasteiger partial charge in [-0.1, -0.05) is 20.3 Å². The van der Waals surface area contributed by atoms with Gasteiger partial charge in [0.25, 0.3) is 0 Å². The number of hydrogen-bond donors (Lipinski definition) is 3. The lowest BCUT2D eigenvalue weighted by atomic mass is 9.86. The number of guanidine groups is 1. The molecule has 126 valence electrons. The molecule has 1 saturated carbocycles. The Morgan fingerprint density at radius 1 is 1.38 bits per heavy atom. The van der Waals surface area contributed by atoms with Gasteiger partial charge in [-0.05, 0) is 31.1 Å². The van der Waals surface area contributed by atoms with E-state index in [1.165, 1.54) is 6.42 Å². The molecule has 1 aliphatic carbocycles. The van der Waals surface area contributed by atoms with Crippen LogP contribution < -0.4 is 15.8 Å². The minimum absolute atomic E-state index is 0. The summed E-state index contributed by atoms with van der Waals surface area (Å²) in [5, 5.41) is 2.84. The first kappa shape index (κ1) is 20.9. The zero-order valence-corrected chi connectivity index (χ0v) is 16.1. The summed E-state index contributed by atoms with van der Waals surface area (Å²) in [7, 11) is -3.21. The van der Waals surface area contributed by atoms with Gasteiger partial charge in [0.15, 0.2) is 5.96 Å². The van der Waals surface area contributed by atoms with E-state index in [1.807, 2.05) is 0 Å². The molecule has 21 heavy (non-hydrogen) atoms. The highest BCUT2D eigenvalue weighted by Crippen LogP contribution is 2.25. The Balaban J connectivity index is 0.00000400. The molecule has 1 fully saturated rings. The topological polar surface area (TPSA) is 96.6 Å². The predicted molar refractivity (Wildman–Crippen MR) is 98.5 cm³/mol. The minimum atomic E-state index is -3.21. The van der Waals surface area contributed by atoms with Crippen LogP contribution in [0.3, 0.4) is 0 Å². The second kappa shape index (κ2) is 10.6. The third kappa shape index (κ3) is 10.3. The number of aliphatic imine (C=N–C) groups is 1. The number of nitrogens with one attached hydrogen (secondary N) is 2. The van der Waals surface area contributed by atoms with Gasteiger partial charge in [-0.3, -0.25) is 4.99 Å². The molecule has 0 unspecified atom stereocenters. The number of nitrogens with zero attached hydrogens (tertiary/aromatic N) is 1. The largest absolute Gasteiger partial charge is 0.370 e. The van der Waals surface area contributed by atoms with Crippen molar-refractivity contribution in [2.45, 2.75) is 39.5 Å². The average Bonchev–Trinajstić information content (AvgIpc) is 2.25. The third-order valence-corrected chi connectivity index (χ3v) is 4.83. The predicted octanol–water partition coefficient (Wildman–Crippen LogP) is 1.27. The molecular weight excluding hydrogens is 403 g/mol. The quantitative estimate of drug-likeness (QED) is 0.291. The molecule has 0 aromatic heterocycles. The lowest BCUT2D eigenvalue weighted by molar-refractivity contribution is 0.316. The van der Waals surface area contributed by atoms with E-state index in [2.05, 4.69) is 28.9 Å². The molecule has 0 radical (unpaired) electrons. The Morgan fingerprint density at radius 2 is 2.05 bits per heavy atom. The Labute approximate surface area is 145 Å². The van der Waals surface area contributed by atoms with Crippen molar-refractivity contribution in [2.24, 2.45) is 22.6 Å². The number of nitrogens with two attached hydrogens (primary N) is 1. The number of halogens is 1. The van der Waals surface area contributed by atoms with Crippen LogP contribution in [0.2, 0.25) is 0 Å². The van der Waals surface area contributed by atoms with Gasteiger partial charge in [0.1, 0.15) is 0 Å². The molecule has 0 saturated heterocycles. The van der Waals surface area contributed by atoms with Crippen LogP contribution in [-0.4, -0.2) is 39.8 Å². The number of hydrogen-bond acceptors (Lipinski definition) is 3. The summed E-state index contributed by atoms with van der Waals surface area (Å²) in [6, 6.07) is 0. The zero-order chi connectivity index (χ0) is 15.0. The minimum Gasteiger partial charge on any atom is -0.370 e. The maximum atomic E-state index is 11.7. The fourth-order valence-electron chi connectivity index (χ4n) is 1.83. The Kier molecular flexibility index (Phi) is 10.6. The lowest BCUT2D eigenvalue weighted by Crippen LogP contribution is -2.39. The molecule has 0 aliphatic heterocycles. The monoisotopic (exact) mass is 432 g/mol. The van der Waals surface area contributed by atoms with E-state index in [0.29, 0.717) is 30.9 Å². The first-order valence-corrected chi connectivity index (χ1v) is 9.05.